The molecule has 8 heteroatoms. The number of benzene rings is 1. The number of nitrogens with zero attached hydrogens (tertiary/aromatic N) is 1. The molecule has 0 aliphatic rings. The maximum absolute atomic E-state index is 13.7. The molecule has 0 amide bonds. The van der Waals surface area contributed by atoms with Crippen LogP contribution < -0.4 is 5.32 Å². The molecular formula is C11H15FN2O4S. The summed E-state index contributed by atoms with van der Waals surface area (Å²) in [6.07, 6.45) is 0. The van der Waals surface area contributed by atoms with E-state index < -0.39 is 26.3 Å². The Balaban J connectivity index is 2.60. The van der Waals surface area contributed by atoms with Crippen LogP contribution in [0.15, 0.2) is 18.2 Å². The molecule has 1 N–H and O–H groups in total. The Morgan fingerprint density at radius 1 is 1.42 bits per heavy atom. The molecule has 0 spiro atoms. The maximum atomic E-state index is 13.7. The minimum absolute atomic E-state index is 0.0416. The maximum Gasteiger partial charge on any atom is 0.305 e. The molecule has 0 aliphatic carbocycles. The molecule has 0 atom stereocenters. The molecule has 1 aromatic rings. The molecular weight excluding hydrogens is 275 g/mol. The van der Waals surface area contributed by atoms with Gasteiger partial charge in [-0.25, -0.2) is 8.42 Å². The van der Waals surface area contributed by atoms with Crippen LogP contribution in [0.5, 0.6) is 0 Å². The highest BCUT2D eigenvalue weighted by Gasteiger charge is 2.16. The van der Waals surface area contributed by atoms with E-state index in [4.69, 9.17) is 0 Å². The lowest BCUT2D eigenvalue weighted by molar-refractivity contribution is -0.387. The van der Waals surface area contributed by atoms with Gasteiger partial charge in [0.2, 0.25) is 5.82 Å². The van der Waals surface area contributed by atoms with Gasteiger partial charge in [0.25, 0.3) is 0 Å². The molecule has 1 aromatic carbocycles. The van der Waals surface area contributed by atoms with Crippen molar-refractivity contribution in [1.29, 1.82) is 0 Å². The summed E-state index contributed by atoms with van der Waals surface area (Å²) in [5.41, 5.74) is -0.441. The Morgan fingerprint density at radius 3 is 2.68 bits per heavy atom. The average molecular weight is 290 g/mol. The second-order valence-corrected chi connectivity index (χ2v) is 6.39. The number of nitro groups is 1. The van der Waals surface area contributed by atoms with Crippen molar-refractivity contribution in [1.82, 2.24) is 5.32 Å². The normalized spacial score (nSPS) is 11.5. The van der Waals surface area contributed by atoms with Crippen LogP contribution in [0.3, 0.4) is 0 Å². The predicted molar refractivity (Wildman–Crippen MR) is 69.1 cm³/mol. The molecule has 0 unspecified atom stereocenters. The zero-order chi connectivity index (χ0) is 14.5. The van der Waals surface area contributed by atoms with E-state index in [2.05, 4.69) is 5.32 Å². The Labute approximate surface area is 110 Å². The minimum Gasteiger partial charge on any atom is -0.312 e. The summed E-state index contributed by atoms with van der Waals surface area (Å²) in [6.45, 7) is 1.78. The van der Waals surface area contributed by atoms with E-state index in [1.54, 1.807) is 6.92 Å². The van der Waals surface area contributed by atoms with Crippen LogP contribution in [-0.2, 0) is 16.4 Å². The molecule has 0 bridgehead atoms. The van der Waals surface area contributed by atoms with Crippen LogP contribution in [0.25, 0.3) is 0 Å². The number of nitrogens with one attached hydrogen (secondary N) is 1. The van der Waals surface area contributed by atoms with Crippen molar-refractivity contribution < 1.29 is 17.7 Å². The molecule has 0 heterocycles. The summed E-state index contributed by atoms with van der Waals surface area (Å²) in [5.74, 6) is -0.877. The summed E-state index contributed by atoms with van der Waals surface area (Å²) in [6, 6.07) is 3.89. The number of sulfone groups is 1. The zero-order valence-corrected chi connectivity index (χ0v) is 11.2. The van der Waals surface area contributed by atoms with E-state index in [-0.39, 0.29) is 30.2 Å². The molecule has 0 saturated carbocycles. The summed E-state index contributed by atoms with van der Waals surface area (Å²) < 4.78 is 36.1. The summed E-state index contributed by atoms with van der Waals surface area (Å²) in [5, 5.41) is 13.3. The SMILES string of the molecule is CCS(=O)(=O)CCNCc1cccc([N+](=O)[O-])c1F. The highest BCUT2D eigenvalue weighted by molar-refractivity contribution is 7.91. The number of halogens is 1. The van der Waals surface area contributed by atoms with Crippen LogP contribution in [0.1, 0.15) is 12.5 Å². The van der Waals surface area contributed by atoms with Crippen LogP contribution in [0.2, 0.25) is 0 Å². The molecule has 19 heavy (non-hydrogen) atoms. The summed E-state index contributed by atoms with van der Waals surface area (Å²) in [7, 11) is -3.07. The van der Waals surface area contributed by atoms with Crippen LogP contribution in [0.4, 0.5) is 10.1 Å². The number of hydrogen-bond acceptors (Lipinski definition) is 5. The smallest absolute Gasteiger partial charge is 0.305 e. The average Bonchev–Trinajstić information content (AvgIpc) is 2.36. The van der Waals surface area contributed by atoms with E-state index in [1.165, 1.54) is 12.1 Å². The van der Waals surface area contributed by atoms with Crippen LogP contribution in [-0.4, -0.2) is 31.4 Å². The van der Waals surface area contributed by atoms with Gasteiger partial charge in [-0.05, 0) is 0 Å². The van der Waals surface area contributed by atoms with Crippen LogP contribution in [0, 0.1) is 15.9 Å². The third-order valence-corrected chi connectivity index (χ3v) is 4.31. The Bertz CT molecular complexity index is 560. The van der Waals surface area contributed by atoms with Crippen molar-refractivity contribution in [2.75, 3.05) is 18.1 Å². The predicted octanol–water partition coefficient (Wildman–Crippen LogP) is 1.26. The van der Waals surface area contributed by atoms with Gasteiger partial charge in [0.05, 0.1) is 10.7 Å². The highest BCUT2D eigenvalue weighted by Crippen LogP contribution is 2.19. The number of nitro benzene ring substituents is 1. The van der Waals surface area contributed by atoms with Gasteiger partial charge in [-0.3, -0.25) is 10.1 Å². The fourth-order valence-corrected chi connectivity index (χ4v) is 2.18. The number of rotatable bonds is 7. The Hall–Kier alpha value is -1.54. The van der Waals surface area contributed by atoms with E-state index in [9.17, 15) is 22.9 Å². The van der Waals surface area contributed by atoms with Gasteiger partial charge in [-0.2, -0.15) is 4.39 Å². The quantitative estimate of drug-likeness (QED) is 0.464. The van der Waals surface area contributed by atoms with Gasteiger partial charge >= 0.3 is 5.69 Å². The molecule has 0 fully saturated rings. The highest BCUT2D eigenvalue weighted by atomic mass is 32.2. The first-order valence-corrected chi connectivity index (χ1v) is 7.52. The second-order valence-electron chi connectivity index (χ2n) is 3.92. The van der Waals surface area contributed by atoms with Gasteiger partial charge in [0.15, 0.2) is 9.84 Å². The first kappa shape index (κ1) is 15.5. The topological polar surface area (TPSA) is 89.3 Å². The van der Waals surface area contributed by atoms with Gasteiger partial charge in [0, 0.05) is 30.5 Å². The molecule has 1 rings (SSSR count). The van der Waals surface area contributed by atoms with E-state index in [1.807, 2.05) is 0 Å². The monoisotopic (exact) mass is 290 g/mol. The summed E-state index contributed by atoms with van der Waals surface area (Å²) >= 11 is 0. The van der Waals surface area contributed by atoms with E-state index >= 15 is 0 Å². The molecule has 0 radical (unpaired) electrons. The van der Waals surface area contributed by atoms with Gasteiger partial charge in [-0.15, -0.1) is 0 Å². The lowest BCUT2D eigenvalue weighted by Crippen LogP contribution is -2.24. The van der Waals surface area contributed by atoms with E-state index in [0.717, 1.165) is 6.07 Å². The lowest BCUT2D eigenvalue weighted by Gasteiger charge is -2.06. The molecule has 0 aromatic heterocycles. The molecule has 106 valence electrons. The van der Waals surface area contributed by atoms with Crippen molar-refractivity contribution in [3.8, 4) is 0 Å². The molecule has 0 aliphatic heterocycles. The lowest BCUT2D eigenvalue weighted by atomic mass is 10.2. The van der Waals surface area contributed by atoms with E-state index in [0.29, 0.717) is 0 Å². The van der Waals surface area contributed by atoms with Gasteiger partial charge in [0.1, 0.15) is 0 Å². The fraction of sp³-hybridized carbons (Fsp3) is 0.455. The fourth-order valence-electron chi connectivity index (χ4n) is 1.44. The van der Waals surface area contributed by atoms with Crippen molar-refractivity contribution in [2.24, 2.45) is 0 Å². The van der Waals surface area contributed by atoms with Crippen molar-refractivity contribution in [3.63, 3.8) is 0 Å². The largest absolute Gasteiger partial charge is 0.312 e. The van der Waals surface area contributed by atoms with Crippen LogP contribution >= 0.6 is 0 Å². The third-order valence-electron chi connectivity index (χ3n) is 2.60. The first-order valence-electron chi connectivity index (χ1n) is 5.70. The van der Waals surface area contributed by atoms with Gasteiger partial charge < -0.3 is 5.32 Å². The standard InChI is InChI=1S/C11H15FN2O4S/c1-2-19(17,18)7-6-13-8-9-4-3-5-10(11(9)12)14(15)16/h3-5,13H,2,6-8H2,1H3. The summed E-state index contributed by atoms with van der Waals surface area (Å²) in [4.78, 5) is 9.75. The first-order chi connectivity index (χ1) is 8.87. The van der Waals surface area contributed by atoms with Crippen molar-refractivity contribution in [3.05, 3.63) is 39.7 Å². The Morgan fingerprint density at radius 2 is 2.11 bits per heavy atom. The minimum atomic E-state index is -3.07. The molecule has 6 nitrogen and oxygen atoms in total. The Kier molecular flexibility index (Phi) is 5.37. The molecule has 0 saturated heterocycles. The van der Waals surface area contributed by atoms with Crippen molar-refractivity contribution in [2.45, 2.75) is 13.5 Å². The van der Waals surface area contributed by atoms with Crippen molar-refractivity contribution >= 4 is 15.5 Å². The number of hydrogen-bond donors (Lipinski definition) is 1. The third kappa shape index (κ3) is 4.56. The second kappa shape index (κ2) is 6.58. The van der Waals surface area contributed by atoms with Gasteiger partial charge in [-0.1, -0.05) is 19.1 Å². The zero-order valence-electron chi connectivity index (χ0n) is 10.4.